The van der Waals surface area contributed by atoms with Crippen LogP contribution in [-0.2, 0) is 17.5 Å². The first-order chi connectivity index (χ1) is 13.2. The number of rotatable bonds is 7. The first-order valence-electron chi connectivity index (χ1n) is 8.89. The summed E-state index contributed by atoms with van der Waals surface area (Å²) in [5.74, 6) is 0.184. The zero-order chi connectivity index (χ0) is 20.5. The number of aromatic amines is 1. The maximum Gasteiger partial charge on any atom is 0.349 e. The third-order valence-corrected chi connectivity index (χ3v) is 5.35. The molecule has 1 aromatic rings. The molecule has 2 aliphatic rings. The molecular weight excluding hydrogens is 385 g/mol. The van der Waals surface area contributed by atoms with Gasteiger partial charge in [-0.25, -0.2) is 9.78 Å². The van der Waals surface area contributed by atoms with Crippen molar-refractivity contribution in [3.8, 4) is 11.5 Å². The van der Waals surface area contributed by atoms with Gasteiger partial charge in [0, 0.05) is 19.6 Å². The minimum Gasteiger partial charge on any atom is -0.324 e. The maximum atomic E-state index is 12.2. The van der Waals surface area contributed by atoms with Crippen LogP contribution < -0.4 is 16.6 Å². The van der Waals surface area contributed by atoms with Crippen LogP contribution >= 0.6 is 7.60 Å². The normalized spacial score (nSPS) is 12.1. The van der Waals surface area contributed by atoms with E-state index in [-0.39, 0.29) is 24.2 Å². The largest absolute Gasteiger partial charge is 0.349 e. The lowest BCUT2D eigenvalue weighted by molar-refractivity contribution is 0.371. The Morgan fingerprint density at radius 2 is 1.96 bits per heavy atom. The Morgan fingerprint density at radius 1 is 1.21 bits per heavy atom. The highest BCUT2D eigenvalue weighted by Gasteiger charge is 2.19. The van der Waals surface area contributed by atoms with Gasteiger partial charge in [0.15, 0.2) is 11.5 Å². The second-order valence-electron chi connectivity index (χ2n) is 6.57. The van der Waals surface area contributed by atoms with E-state index in [0.717, 1.165) is 23.1 Å². The van der Waals surface area contributed by atoms with Crippen molar-refractivity contribution in [2.75, 3.05) is 19.3 Å². The number of hydrogen-bond acceptors (Lipinski definition) is 6. The molecule has 0 saturated carbocycles. The summed E-state index contributed by atoms with van der Waals surface area (Å²) in [7, 11) is -4.06. The Hall–Kier alpha value is -2.39. The van der Waals surface area contributed by atoms with Crippen LogP contribution in [0.15, 0.2) is 21.7 Å². The number of nitrogens with one attached hydrogen (secondary N) is 2. The molecule has 1 aromatic carbocycles. The summed E-state index contributed by atoms with van der Waals surface area (Å²) < 4.78 is 12.7. The molecule has 0 atom stereocenters. The molecule has 3 rings (SSSR count). The van der Waals surface area contributed by atoms with Crippen LogP contribution in [0, 0.1) is 6.92 Å². The second kappa shape index (κ2) is 7.92. The minimum absolute atomic E-state index is 0.0750. The van der Waals surface area contributed by atoms with E-state index < -0.39 is 18.8 Å². The van der Waals surface area contributed by atoms with Gasteiger partial charge in [-0.3, -0.25) is 14.3 Å². The molecule has 0 amide bonds. The Labute approximate surface area is 160 Å². The van der Waals surface area contributed by atoms with Gasteiger partial charge in [0.2, 0.25) is 0 Å². The van der Waals surface area contributed by atoms with E-state index in [1.165, 1.54) is 0 Å². The molecule has 11 heteroatoms. The van der Waals surface area contributed by atoms with Crippen LogP contribution in [0.25, 0.3) is 22.6 Å². The predicted octanol–water partition coefficient (Wildman–Crippen LogP) is 0.223. The highest BCUT2D eigenvalue weighted by molar-refractivity contribution is 7.51. The van der Waals surface area contributed by atoms with Crippen molar-refractivity contribution in [2.45, 2.75) is 26.8 Å². The summed E-state index contributed by atoms with van der Waals surface area (Å²) in [4.78, 5) is 52.3. The van der Waals surface area contributed by atoms with E-state index in [2.05, 4.69) is 20.3 Å². The first-order valence-corrected chi connectivity index (χ1v) is 10.7. The Bertz CT molecular complexity index is 1150. The number of hydrogen-bond donors (Lipinski definition) is 4. The standard InChI is InChI=1S/C17H22N5O5P/c1-3-11-9-13-12(8-10(11)2)19-14-15(20-17(24)21-16(14)23)22(13)6-4-18-5-7-28(25,26)27/h8-9,18H,3-7H2,1-2H3,(H,21,23,24)(H2,25,26,27). The van der Waals surface area contributed by atoms with Crippen molar-refractivity contribution in [3.63, 3.8) is 0 Å². The minimum atomic E-state index is -4.06. The smallest absolute Gasteiger partial charge is 0.324 e. The van der Waals surface area contributed by atoms with Crippen molar-refractivity contribution in [2.24, 2.45) is 0 Å². The molecule has 0 fully saturated rings. The van der Waals surface area contributed by atoms with Gasteiger partial charge in [-0.05, 0) is 36.6 Å². The lowest BCUT2D eigenvalue weighted by Crippen LogP contribution is -2.30. The lowest BCUT2D eigenvalue weighted by atomic mass is 10.0. The van der Waals surface area contributed by atoms with E-state index in [4.69, 9.17) is 9.79 Å². The van der Waals surface area contributed by atoms with Crippen molar-refractivity contribution >= 4 is 18.6 Å². The molecule has 0 unspecified atom stereocenters. The Kier molecular flexibility index (Phi) is 5.76. The molecule has 28 heavy (non-hydrogen) atoms. The fraction of sp³-hybridized carbons (Fsp3) is 0.412. The van der Waals surface area contributed by atoms with Crippen LogP contribution in [0.4, 0.5) is 0 Å². The van der Waals surface area contributed by atoms with Crippen LogP contribution in [0.2, 0.25) is 0 Å². The highest BCUT2D eigenvalue weighted by Crippen LogP contribution is 2.32. The summed E-state index contributed by atoms with van der Waals surface area (Å²) in [5.41, 5.74) is 2.25. The number of aromatic nitrogens is 4. The molecule has 0 aromatic heterocycles. The number of aryl methyl sites for hydroxylation is 2. The van der Waals surface area contributed by atoms with E-state index >= 15 is 0 Å². The molecule has 10 nitrogen and oxygen atoms in total. The van der Waals surface area contributed by atoms with Gasteiger partial charge in [-0.1, -0.05) is 6.92 Å². The highest BCUT2D eigenvalue weighted by atomic mass is 31.2. The fourth-order valence-electron chi connectivity index (χ4n) is 3.14. The summed E-state index contributed by atoms with van der Waals surface area (Å²) in [6, 6.07) is 3.87. The van der Waals surface area contributed by atoms with Gasteiger partial charge < -0.3 is 19.7 Å². The lowest BCUT2D eigenvalue weighted by Gasteiger charge is -2.18. The van der Waals surface area contributed by atoms with Gasteiger partial charge in [-0.15, -0.1) is 0 Å². The van der Waals surface area contributed by atoms with Gasteiger partial charge in [-0.2, -0.15) is 4.98 Å². The summed E-state index contributed by atoms with van der Waals surface area (Å²) in [6.07, 6.45) is 0.549. The fourth-order valence-corrected chi connectivity index (χ4v) is 3.59. The van der Waals surface area contributed by atoms with E-state index in [1.807, 2.05) is 26.0 Å². The quantitative estimate of drug-likeness (QED) is 0.247. The summed E-state index contributed by atoms with van der Waals surface area (Å²) in [6.45, 7) is 4.87. The maximum absolute atomic E-state index is 12.2. The number of benzene rings is 1. The van der Waals surface area contributed by atoms with E-state index in [0.29, 0.717) is 18.6 Å². The van der Waals surface area contributed by atoms with Crippen LogP contribution in [0.5, 0.6) is 0 Å². The summed E-state index contributed by atoms with van der Waals surface area (Å²) >= 11 is 0. The molecule has 4 N–H and O–H groups in total. The predicted molar refractivity (Wildman–Crippen MR) is 105 cm³/mol. The van der Waals surface area contributed by atoms with E-state index in [1.54, 1.807) is 4.57 Å². The first kappa shape index (κ1) is 20.3. The molecule has 0 bridgehead atoms. The van der Waals surface area contributed by atoms with E-state index in [9.17, 15) is 14.2 Å². The van der Waals surface area contributed by atoms with Crippen LogP contribution in [0.3, 0.4) is 0 Å². The van der Waals surface area contributed by atoms with Crippen molar-refractivity contribution in [1.29, 1.82) is 0 Å². The van der Waals surface area contributed by atoms with Crippen LogP contribution in [-0.4, -0.2) is 48.6 Å². The molecule has 0 spiro atoms. The van der Waals surface area contributed by atoms with Crippen molar-refractivity contribution in [1.82, 2.24) is 24.8 Å². The molecule has 2 aliphatic heterocycles. The Balaban J connectivity index is 2.06. The van der Waals surface area contributed by atoms with Gasteiger partial charge >= 0.3 is 13.3 Å². The van der Waals surface area contributed by atoms with Gasteiger partial charge in [0.25, 0.3) is 5.56 Å². The molecule has 0 aliphatic carbocycles. The third kappa shape index (κ3) is 4.36. The van der Waals surface area contributed by atoms with Gasteiger partial charge in [0.05, 0.1) is 17.2 Å². The van der Waals surface area contributed by atoms with Crippen molar-refractivity contribution < 1.29 is 14.4 Å². The zero-order valence-corrected chi connectivity index (χ0v) is 16.5. The average Bonchev–Trinajstić information content (AvgIpc) is 2.60. The SMILES string of the molecule is CCc1cc2c(cc1C)nc1c(=O)[nH]c(=O)nc-1n2CCNCCP(=O)(O)O. The zero-order valence-electron chi connectivity index (χ0n) is 15.6. The second-order valence-corrected chi connectivity index (χ2v) is 8.34. The third-order valence-electron chi connectivity index (χ3n) is 4.54. The summed E-state index contributed by atoms with van der Waals surface area (Å²) in [5, 5.41) is 2.96. The molecular formula is C17H22N5O5P. The molecule has 2 heterocycles. The number of nitrogens with zero attached hydrogens (tertiary/aromatic N) is 3. The van der Waals surface area contributed by atoms with Crippen molar-refractivity contribution in [3.05, 3.63) is 44.1 Å². The molecule has 0 saturated heterocycles. The molecule has 0 radical (unpaired) electrons. The number of H-pyrrole nitrogens is 1. The average molecular weight is 407 g/mol. The molecule has 150 valence electrons. The van der Waals surface area contributed by atoms with Gasteiger partial charge in [0.1, 0.15) is 0 Å². The topological polar surface area (TPSA) is 150 Å². The Morgan fingerprint density at radius 3 is 2.64 bits per heavy atom. The van der Waals surface area contributed by atoms with Crippen LogP contribution in [0.1, 0.15) is 18.1 Å². The number of fused-ring (bicyclic) bond motifs is 2. The monoisotopic (exact) mass is 407 g/mol.